The largest absolute Gasteiger partial charge is 0.486 e. The van der Waals surface area contributed by atoms with E-state index in [-0.39, 0.29) is 24.7 Å². The lowest BCUT2D eigenvalue weighted by Crippen LogP contribution is -2.18. The van der Waals surface area contributed by atoms with Crippen molar-refractivity contribution in [1.82, 2.24) is 0 Å². The van der Waals surface area contributed by atoms with E-state index in [4.69, 9.17) is 26.2 Å². The number of benzene rings is 1. The third kappa shape index (κ3) is 2.01. The van der Waals surface area contributed by atoms with Gasteiger partial charge >= 0.3 is 5.97 Å². The maximum atomic E-state index is 13.7. The average molecular weight is 263 g/mol. The zero-order chi connectivity index (χ0) is 12.6. The van der Waals surface area contributed by atoms with Gasteiger partial charge in [-0.1, -0.05) is 11.6 Å². The predicted molar refractivity (Wildman–Crippen MR) is 55.0 cm³/mol. The number of aliphatic hydroxyl groups is 1. The van der Waals surface area contributed by atoms with Crippen LogP contribution in [0.1, 0.15) is 11.7 Å². The highest BCUT2D eigenvalue weighted by atomic mass is 35.5. The highest BCUT2D eigenvalue weighted by molar-refractivity contribution is 6.32. The summed E-state index contributed by atoms with van der Waals surface area (Å²) >= 11 is 5.68. The maximum absolute atomic E-state index is 13.7. The van der Waals surface area contributed by atoms with Crippen LogP contribution in [-0.4, -0.2) is 29.4 Å². The van der Waals surface area contributed by atoms with Crippen molar-refractivity contribution in [2.75, 3.05) is 13.2 Å². The van der Waals surface area contributed by atoms with Gasteiger partial charge in [0.25, 0.3) is 0 Å². The fraction of sp³-hybridized carbons (Fsp3) is 0.300. The van der Waals surface area contributed by atoms with Crippen LogP contribution in [0.25, 0.3) is 0 Å². The summed E-state index contributed by atoms with van der Waals surface area (Å²) in [7, 11) is 0. The van der Waals surface area contributed by atoms with E-state index >= 15 is 0 Å². The van der Waals surface area contributed by atoms with Crippen LogP contribution in [0.3, 0.4) is 0 Å². The molecule has 0 aliphatic carbocycles. The Kier molecular flexibility index (Phi) is 3.08. The van der Waals surface area contributed by atoms with Crippen molar-refractivity contribution in [3.63, 3.8) is 0 Å². The van der Waals surface area contributed by atoms with Crippen molar-refractivity contribution < 1.29 is 28.9 Å². The van der Waals surface area contributed by atoms with Gasteiger partial charge in [0.05, 0.1) is 0 Å². The number of carboxylic acid groups (broad SMARTS) is 1. The van der Waals surface area contributed by atoms with E-state index in [0.717, 1.165) is 6.07 Å². The molecule has 0 aromatic heterocycles. The number of carboxylic acids is 1. The van der Waals surface area contributed by atoms with Crippen LogP contribution in [0.5, 0.6) is 11.5 Å². The number of aliphatic hydroxyl groups excluding tert-OH is 1. The van der Waals surface area contributed by atoms with Gasteiger partial charge in [0.1, 0.15) is 18.2 Å². The molecular weight excluding hydrogens is 255 g/mol. The SMILES string of the molecule is O=C(O)C(O)c1cc2c(c(Cl)c1F)OCCO2. The first-order chi connectivity index (χ1) is 8.02. The smallest absolute Gasteiger partial charge is 0.337 e. The van der Waals surface area contributed by atoms with Gasteiger partial charge in [0, 0.05) is 5.56 Å². The van der Waals surface area contributed by atoms with Crippen LogP contribution in [0.2, 0.25) is 5.02 Å². The number of halogens is 2. The molecule has 5 nitrogen and oxygen atoms in total. The van der Waals surface area contributed by atoms with E-state index in [2.05, 4.69) is 0 Å². The summed E-state index contributed by atoms with van der Waals surface area (Å²) in [5.74, 6) is -2.45. The summed E-state index contributed by atoms with van der Waals surface area (Å²) in [6, 6.07) is 1.08. The number of hydrogen-bond acceptors (Lipinski definition) is 4. The molecule has 0 saturated carbocycles. The van der Waals surface area contributed by atoms with Gasteiger partial charge in [0.2, 0.25) is 0 Å². The van der Waals surface area contributed by atoms with Crippen LogP contribution >= 0.6 is 11.6 Å². The lowest BCUT2D eigenvalue weighted by atomic mass is 10.1. The minimum absolute atomic E-state index is 0.0248. The molecule has 2 N–H and O–H groups in total. The number of aliphatic carboxylic acids is 1. The number of ether oxygens (including phenoxy) is 2. The molecular formula is C10H8ClFO5. The standard InChI is InChI=1S/C10H8ClFO5/c11-6-7(12)4(8(13)10(14)15)3-5-9(6)17-2-1-16-5/h3,8,13H,1-2H2,(H,14,15). The number of rotatable bonds is 2. The van der Waals surface area contributed by atoms with Crippen molar-refractivity contribution in [3.05, 3.63) is 22.5 Å². The molecule has 1 atom stereocenters. The van der Waals surface area contributed by atoms with E-state index in [9.17, 15) is 14.3 Å². The molecule has 0 saturated heterocycles. The molecule has 0 bridgehead atoms. The van der Waals surface area contributed by atoms with E-state index in [1.807, 2.05) is 0 Å². The number of fused-ring (bicyclic) bond motifs is 1. The van der Waals surface area contributed by atoms with E-state index in [0.29, 0.717) is 0 Å². The maximum Gasteiger partial charge on any atom is 0.337 e. The molecule has 2 rings (SSSR count). The number of carbonyl (C=O) groups is 1. The highest BCUT2D eigenvalue weighted by Gasteiger charge is 2.28. The summed E-state index contributed by atoms with van der Waals surface area (Å²) in [6.45, 7) is 0.477. The molecule has 0 fully saturated rings. The predicted octanol–water partition coefficient (Wildman–Crippen LogP) is 1.37. The van der Waals surface area contributed by atoms with Gasteiger partial charge < -0.3 is 19.7 Å². The molecule has 1 aromatic carbocycles. The third-order valence-electron chi connectivity index (χ3n) is 2.27. The summed E-state index contributed by atoms with van der Waals surface area (Å²) in [5.41, 5.74) is -0.452. The zero-order valence-corrected chi connectivity index (χ0v) is 9.20. The molecule has 7 heteroatoms. The molecule has 1 aliphatic rings. The van der Waals surface area contributed by atoms with Crippen LogP contribution in [0.15, 0.2) is 6.07 Å². The Morgan fingerprint density at radius 3 is 2.76 bits per heavy atom. The van der Waals surface area contributed by atoms with Crippen LogP contribution in [0, 0.1) is 5.82 Å². The fourth-order valence-electron chi connectivity index (χ4n) is 1.47. The second kappa shape index (κ2) is 4.38. The normalized spacial score (nSPS) is 15.5. The first-order valence-electron chi connectivity index (χ1n) is 4.70. The molecule has 1 aliphatic heterocycles. The van der Waals surface area contributed by atoms with Gasteiger partial charge in [-0.05, 0) is 6.07 Å². The third-order valence-corrected chi connectivity index (χ3v) is 2.61. The molecule has 0 amide bonds. The molecule has 0 radical (unpaired) electrons. The van der Waals surface area contributed by atoms with Crippen molar-refractivity contribution in [1.29, 1.82) is 0 Å². The van der Waals surface area contributed by atoms with Crippen molar-refractivity contribution in [3.8, 4) is 11.5 Å². The van der Waals surface area contributed by atoms with Crippen molar-refractivity contribution in [2.24, 2.45) is 0 Å². The van der Waals surface area contributed by atoms with E-state index < -0.39 is 28.5 Å². The molecule has 0 spiro atoms. The van der Waals surface area contributed by atoms with Crippen LogP contribution < -0.4 is 9.47 Å². The Morgan fingerprint density at radius 1 is 1.47 bits per heavy atom. The van der Waals surface area contributed by atoms with Gasteiger partial charge in [0.15, 0.2) is 23.4 Å². The summed E-state index contributed by atoms with van der Waals surface area (Å²) < 4.78 is 24.0. The summed E-state index contributed by atoms with van der Waals surface area (Å²) in [4.78, 5) is 10.6. The monoisotopic (exact) mass is 262 g/mol. The Bertz CT molecular complexity index is 476. The van der Waals surface area contributed by atoms with Crippen molar-refractivity contribution in [2.45, 2.75) is 6.10 Å². The summed E-state index contributed by atoms with van der Waals surface area (Å²) in [6.07, 6.45) is -2.00. The highest BCUT2D eigenvalue weighted by Crippen LogP contribution is 2.42. The topological polar surface area (TPSA) is 76.0 Å². The van der Waals surface area contributed by atoms with E-state index in [1.54, 1.807) is 0 Å². The first kappa shape index (κ1) is 11.9. The molecule has 17 heavy (non-hydrogen) atoms. The average Bonchev–Trinajstić information content (AvgIpc) is 2.33. The quantitative estimate of drug-likeness (QED) is 0.842. The minimum Gasteiger partial charge on any atom is -0.486 e. The Hall–Kier alpha value is -1.53. The van der Waals surface area contributed by atoms with E-state index in [1.165, 1.54) is 0 Å². The van der Waals surface area contributed by atoms with Gasteiger partial charge in [-0.25, -0.2) is 9.18 Å². The second-order valence-corrected chi connectivity index (χ2v) is 3.74. The van der Waals surface area contributed by atoms with Crippen LogP contribution in [-0.2, 0) is 4.79 Å². The van der Waals surface area contributed by atoms with Crippen LogP contribution in [0.4, 0.5) is 4.39 Å². The lowest BCUT2D eigenvalue weighted by Gasteiger charge is -2.21. The van der Waals surface area contributed by atoms with Gasteiger partial charge in [-0.2, -0.15) is 0 Å². The molecule has 1 unspecified atom stereocenters. The van der Waals surface area contributed by atoms with Crippen molar-refractivity contribution >= 4 is 17.6 Å². The fourth-order valence-corrected chi connectivity index (χ4v) is 1.73. The van der Waals surface area contributed by atoms with Gasteiger partial charge in [-0.3, -0.25) is 0 Å². The Morgan fingerprint density at radius 2 is 2.12 bits per heavy atom. The summed E-state index contributed by atoms with van der Waals surface area (Å²) in [5, 5.41) is 17.5. The Balaban J connectivity index is 2.55. The molecule has 92 valence electrons. The Labute approximate surface area is 100 Å². The lowest BCUT2D eigenvalue weighted by molar-refractivity contribution is -0.147. The second-order valence-electron chi connectivity index (χ2n) is 3.36. The minimum atomic E-state index is -2.00. The number of hydrogen-bond donors (Lipinski definition) is 2. The van der Waals surface area contributed by atoms with Gasteiger partial charge in [-0.15, -0.1) is 0 Å². The molecule has 1 heterocycles. The zero-order valence-electron chi connectivity index (χ0n) is 8.44. The first-order valence-corrected chi connectivity index (χ1v) is 5.08. The molecule has 1 aromatic rings.